The highest BCUT2D eigenvalue weighted by molar-refractivity contribution is 6.30. The van der Waals surface area contributed by atoms with Crippen LogP contribution in [0, 0.1) is 5.92 Å². The zero-order chi connectivity index (χ0) is 23.2. The van der Waals surface area contributed by atoms with Gasteiger partial charge in [0.15, 0.2) is 0 Å². The van der Waals surface area contributed by atoms with E-state index in [0.717, 1.165) is 48.7 Å². The largest absolute Gasteiger partial charge is 0.481 e. The Balaban J connectivity index is 1.27. The number of aromatic nitrogens is 1. The fourth-order valence-electron chi connectivity index (χ4n) is 5.04. The zero-order valence-electron chi connectivity index (χ0n) is 19.1. The summed E-state index contributed by atoms with van der Waals surface area (Å²) >= 11 is 6.06. The zero-order valence-corrected chi connectivity index (χ0v) is 19.9. The van der Waals surface area contributed by atoms with Crippen LogP contribution in [0.1, 0.15) is 48.3 Å². The van der Waals surface area contributed by atoms with Gasteiger partial charge in [-0.3, -0.25) is 9.69 Å². The summed E-state index contributed by atoms with van der Waals surface area (Å²) in [4.78, 5) is 13.2. The summed E-state index contributed by atoms with van der Waals surface area (Å²) in [6.45, 7) is 6.58. The van der Waals surface area contributed by atoms with Gasteiger partial charge in [-0.05, 0) is 53.5 Å². The maximum absolute atomic E-state index is 11.0. The molecular weight excluding hydrogens is 436 g/mol. The van der Waals surface area contributed by atoms with Gasteiger partial charge in [-0.15, -0.1) is 0 Å². The third-order valence-corrected chi connectivity index (χ3v) is 7.51. The molecule has 0 unspecified atom stereocenters. The molecule has 2 heterocycles. The van der Waals surface area contributed by atoms with Gasteiger partial charge in [0.05, 0.1) is 5.92 Å². The number of fused-ring (bicyclic) bond motifs is 3. The molecule has 33 heavy (non-hydrogen) atoms. The number of aryl methyl sites for hydroxylation is 2. The van der Waals surface area contributed by atoms with Crippen LogP contribution in [0.2, 0.25) is 5.02 Å². The molecule has 1 N–H and O–H groups in total. The Labute approximate surface area is 199 Å². The molecule has 0 radical (unpaired) electrons. The molecule has 5 nitrogen and oxygen atoms in total. The Hall–Kier alpha value is -2.63. The fourth-order valence-corrected chi connectivity index (χ4v) is 5.16. The summed E-state index contributed by atoms with van der Waals surface area (Å²) < 4.78 is 5.85. The summed E-state index contributed by atoms with van der Waals surface area (Å²) in [5.74, 6) is 0.0908. The average molecular weight is 465 g/mol. The topological polar surface area (TPSA) is 66.6 Å². The minimum absolute atomic E-state index is 0.0161. The summed E-state index contributed by atoms with van der Waals surface area (Å²) in [7, 11) is 0. The molecule has 1 fully saturated rings. The van der Waals surface area contributed by atoms with Crippen molar-refractivity contribution in [1.82, 2.24) is 10.1 Å². The van der Waals surface area contributed by atoms with Crippen molar-refractivity contribution in [3.05, 3.63) is 75.5 Å². The Morgan fingerprint density at radius 2 is 1.94 bits per heavy atom. The predicted molar refractivity (Wildman–Crippen MR) is 129 cm³/mol. The number of likely N-dealkylation sites (tertiary alicyclic amines) is 1. The molecule has 2 aromatic carbocycles. The van der Waals surface area contributed by atoms with Gasteiger partial charge in [0.25, 0.3) is 0 Å². The smallest absolute Gasteiger partial charge is 0.309 e. The molecule has 1 aromatic heterocycles. The van der Waals surface area contributed by atoms with Crippen LogP contribution in [0.25, 0.3) is 11.3 Å². The molecule has 3 aromatic rings. The molecule has 1 saturated heterocycles. The van der Waals surface area contributed by atoms with Crippen molar-refractivity contribution in [2.45, 2.75) is 51.5 Å². The van der Waals surface area contributed by atoms with Gasteiger partial charge in [0, 0.05) is 42.2 Å². The van der Waals surface area contributed by atoms with Crippen LogP contribution in [0.5, 0.6) is 0 Å². The highest BCUT2D eigenvalue weighted by Gasteiger charge is 2.32. The Morgan fingerprint density at radius 3 is 2.67 bits per heavy atom. The molecule has 2 aliphatic rings. The lowest BCUT2D eigenvalue weighted by Gasteiger charge is -2.36. The van der Waals surface area contributed by atoms with Crippen molar-refractivity contribution in [3.63, 3.8) is 0 Å². The number of carboxylic acids is 1. The monoisotopic (exact) mass is 464 g/mol. The lowest BCUT2D eigenvalue weighted by Crippen LogP contribution is -2.49. The number of hydrogen-bond acceptors (Lipinski definition) is 4. The molecule has 172 valence electrons. The number of carbonyl (C=O) groups is 1. The fraction of sp³-hybridized carbons (Fsp3) is 0.407. The van der Waals surface area contributed by atoms with Crippen molar-refractivity contribution < 1.29 is 14.4 Å². The maximum atomic E-state index is 11.0. The van der Waals surface area contributed by atoms with Crippen molar-refractivity contribution in [2.24, 2.45) is 5.92 Å². The predicted octanol–water partition coefficient (Wildman–Crippen LogP) is 5.52. The molecule has 1 aliphatic heterocycles. The second kappa shape index (κ2) is 8.62. The van der Waals surface area contributed by atoms with Gasteiger partial charge in [-0.2, -0.15) is 0 Å². The highest BCUT2D eigenvalue weighted by atomic mass is 35.5. The first-order valence-electron chi connectivity index (χ1n) is 11.6. The van der Waals surface area contributed by atoms with Crippen LogP contribution < -0.4 is 0 Å². The Bertz CT molecular complexity index is 1180. The first kappa shape index (κ1) is 22.2. The molecule has 1 aliphatic carbocycles. The van der Waals surface area contributed by atoms with Gasteiger partial charge in [0.2, 0.25) is 0 Å². The molecule has 0 amide bonds. The summed E-state index contributed by atoms with van der Waals surface area (Å²) in [5, 5.41) is 14.3. The van der Waals surface area contributed by atoms with Crippen molar-refractivity contribution in [2.75, 3.05) is 13.1 Å². The van der Waals surface area contributed by atoms with Crippen LogP contribution in [0.15, 0.2) is 47.0 Å². The standard InChI is InChI=1S/C27H29ClN2O3/c1-27(2,20-5-7-21(28)8-6-20)12-11-24-23-10-4-18-13-17(3-9-22(18)25(23)29-33-24)14-30-15-19(16-30)26(31)32/h3,5-9,13,19H,4,10-12,14-16H2,1-2H3,(H,31,32). The molecule has 6 heteroatoms. The summed E-state index contributed by atoms with van der Waals surface area (Å²) in [5.41, 5.74) is 7.22. The van der Waals surface area contributed by atoms with Crippen LogP contribution in [0.4, 0.5) is 0 Å². The minimum Gasteiger partial charge on any atom is -0.481 e. The van der Waals surface area contributed by atoms with Crippen LogP contribution >= 0.6 is 11.6 Å². The highest BCUT2D eigenvalue weighted by Crippen LogP contribution is 2.37. The molecule has 0 spiro atoms. The van der Waals surface area contributed by atoms with E-state index < -0.39 is 5.97 Å². The van der Waals surface area contributed by atoms with Crippen molar-refractivity contribution in [3.8, 4) is 11.3 Å². The van der Waals surface area contributed by atoms with E-state index in [-0.39, 0.29) is 11.3 Å². The number of carboxylic acid groups (broad SMARTS) is 1. The third kappa shape index (κ3) is 4.44. The van der Waals surface area contributed by atoms with E-state index in [1.807, 2.05) is 12.1 Å². The van der Waals surface area contributed by atoms with E-state index in [1.165, 1.54) is 27.8 Å². The van der Waals surface area contributed by atoms with Gasteiger partial charge in [-0.25, -0.2) is 0 Å². The minimum atomic E-state index is -0.692. The van der Waals surface area contributed by atoms with Crippen molar-refractivity contribution >= 4 is 17.6 Å². The van der Waals surface area contributed by atoms with Crippen molar-refractivity contribution in [1.29, 1.82) is 0 Å². The Kier molecular flexibility index (Phi) is 5.79. The molecule has 0 saturated carbocycles. The van der Waals surface area contributed by atoms with Gasteiger partial charge < -0.3 is 9.63 Å². The van der Waals surface area contributed by atoms with E-state index in [9.17, 15) is 4.79 Å². The SMILES string of the molecule is CC(C)(CCc1onc2c1CCc1cc(CN3CC(C(=O)O)C3)ccc1-2)c1ccc(Cl)cc1. The first-order chi connectivity index (χ1) is 15.8. The second-order valence-corrected chi connectivity index (χ2v) is 10.5. The van der Waals surface area contributed by atoms with Crippen LogP contribution in [0.3, 0.4) is 0 Å². The number of benzene rings is 2. The number of hydrogen-bond donors (Lipinski definition) is 1. The van der Waals surface area contributed by atoms with Gasteiger partial charge in [-0.1, -0.05) is 60.9 Å². The number of halogens is 1. The van der Waals surface area contributed by atoms with E-state index >= 15 is 0 Å². The quantitative estimate of drug-likeness (QED) is 0.498. The summed E-state index contributed by atoms with van der Waals surface area (Å²) in [6, 6.07) is 14.7. The number of rotatable bonds is 7. The average Bonchev–Trinajstić information content (AvgIpc) is 3.18. The lowest BCUT2D eigenvalue weighted by atomic mass is 9.79. The first-order valence-corrected chi connectivity index (χ1v) is 12.0. The lowest BCUT2D eigenvalue weighted by molar-refractivity contribution is -0.147. The number of aliphatic carboxylic acids is 1. The van der Waals surface area contributed by atoms with E-state index in [0.29, 0.717) is 13.1 Å². The van der Waals surface area contributed by atoms with E-state index in [4.69, 9.17) is 21.2 Å². The molecule has 5 rings (SSSR count). The van der Waals surface area contributed by atoms with E-state index in [2.05, 4.69) is 54.2 Å². The second-order valence-electron chi connectivity index (χ2n) is 10.0. The van der Waals surface area contributed by atoms with Gasteiger partial charge >= 0.3 is 5.97 Å². The number of nitrogens with zero attached hydrogens (tertiary/aromatic N) is 2. The van der Waals surface area contributed by atoms with E-state index in [1.54, 1.807) is 0 Å². The molecule has 0 bridgehead atoms. The molecular formula is C27H29ClN2O3. The van der Waals surface area contributed by atoms with Crippen LogP contribution in [-0.4, -0.2) is 34.2 Å². The Morgan fingerprint density at radius 1 is 1.18 bits per heavy atom. The maximum Gasteiger partial charge on any atom is 0.309 e. The normalized spacial score (nSPS) is 16.2. The molecule has 0 atom stereocenters. The van der Waals surface area contributed by atoms with Crippen LogP contribution in [-0.2, 0) is 36.0 Å². The summed E-state index contributed by atoms with van der Waals surface area (Å²) in [6.07, 6.45) is 3.74. The van der Waals surface area contributed by atoms with Gasteiger partial charge in [0.1, 0.15) is 11.5 Å². The third-order valence-electron chi connectivity index (χ3n) is 7.25.